The summed E-state index contributed by atoms with van der Waals surface area (Å²) < 4.78 is 37.1. The molecule has 0 radical (unpaired) electrons. The van der Waals surface area contributed by atoms with Crippen LogP contribution in [0.15, 0.2) is 24.1 Å². The highest BCUT2D eigenvalue weighted by Gasteiger charge is 2.34. The Balaban J connectivity index is 2.44. The molecular formula is C21H32FNO5S. The third-order valence-corrected chi connectivity index (χ3v) is 5.32. The number of aliphatic hydroxyl groups is 2. The monoisotopic (exact) mass is 429 g/mol. The van der Waals surface area contributed by atoms with E-state index in [2.05, 4.69) is 11.8 Å². The lowest BCUT2D eigenvalue weighted by atomic mass is 9.93. The van der Waals surface area contributed by atoms with Gasteiger partial charge in [0.1, 0.15) is 5.83 Å². The van der Waals surface area contributed by atoms with Gasteiger partial charge in [0.2, 0.25) is 15.8 Å². The van der Waals surface area contributed by atoms with Gasteiger partial charge in [-0.05, 0) is 38.0 Å². The fourth-order valence-electron chi connectivity index (χ4n) is 3.19. The zero-order valence-corrected chi connectivity index (χ0v) is 18.0. The standard InChI is InChI=1S/C21H32FNO5S/c1-3-4-14-19(22)15-9-13-18-12-8-11-17(18)10-6-5-7-16-21(25,26)20(24)23-29(2,27)28/h5-6,14,17-18,25-26H,3-4,7-8,10-12,15-16H2,1-2H3,(H,23,24)/t17-,18+/m0/s1. The van der Waals surface area contributed by atoms with Crippen LogP contribution >= 0.6 is 0 Å². The number of carbonyl (C=O) groups excluding carboxylic acids is 1. The first-order valence-corrected chi connectivity index (χ1v) is 11.9. The molecule has 1 amide bonds. The largest absolute Gasteiger partial charge is 0.358 e. The molecule has 0 aliphatic heterocycles. The second kappa shape index (κ2) is 12.1. The number of allylic oxidation sites excluding steroid dienone is 4. The highest BCUT2D eigenvalue weighted by atomic mass is 32.2. The van der Waals surface area contributed by atoms with E-state index >= 15 is 0 Å². The minimum Gasteiger partial charge on any atom is -0.358 e. The Morgan fingerprint density at radius 2 is 2.00 bits per heavy atom. The molecule has 0 aromatic rings. The number of rotatable bonds is 10. The van der Waals surface area contributed by atoms with Crippen LogP contribution in [0.4, 0.5) is 4.39 Å². The van der Waals surface area contributed by atoms with Gasteiger partial charge in [-0.25, -0.2) is 17.5 Å². The lowest BCUT2D eigenvalue weighted by molar-refractivity contribution is -0.185. The third-order valence-electron chi connectivity index (χ3n) is 4.77. The van der Waals surface area contributed by atoms with Crippen molar-refractivity contribution in [1.29, 1.82) is 0 Å². The molecular weight excluding hydrogens is 397 g/mol. The number of carbonyl (C=O) groups is 1. The molecule has 0 aromatic heterocycles. The van der Waals surface area contributed by atoms with Gasteiger partial charge in [-0.3, -0.25) is 4.79 Å². The minimum atomic E-state index is -3.85. The Morgan fingerprint density at radius 1 is 1.28 bits per heavy atom. The van der Waals surface area contributed by atoms with E-state index < -0.39 is 21.7 Å². The van der Waals surface area contributed by atoms with Crippen LogP contribution in [0.3, 0.4) is 0 Å². The van der Waals surface area contributed by atoms with Crippen molar-refractivity contribution in [1.82, 2.24) is 4.72 Å². The van der Waals surface area contributed by atoms with Crippen molar-refractivity contribution in [3.05, 3.63) is 24.1 Å². The summed E-state index contributed by atoms with van der Waals surface area (Å²) >= 11 is 0. The fourth-order valence-corrected chi connectivity index (χ4v) is 3.69. The van der Waals surface area contributed by atoms with Crippen molar-refractivity contribution < 1.29 is 27.8 Å². The first-order chi connectivity index (χ1) is 13.5. The highest BCUT2D eigenvalue weighted by molar-refractivity contribution is 7.89. The maximum Gasteiger partial charge on any atom is 0.293 e. The summed E-state index contributed by atoms with van der Waals surface area (Å²) in [6.45, 7) is 2.00. The number of hydrogen-bond acceptors (Lipinski definition) is 5. The zero-order valence-electron chi connectivity index (χ0n) is 17.2. The van der Waals surface area contributed by atoms with Crippen molar-refractivity contribution in [3.8, 4) is 11.8 Å². The molecule has 1 saturated carbocycles. The summed E-state index contributed by atoms with van der Waals surface area (Å²) in [5, 5.41) is 19.4. The molecule has 0 spiro atoms. The van der Waals surface area contributed by atoms with Crippen LogP contribution in [-0.2, 0) is 14.8 Å². The van der Waals surface area contributed by atoms with E-state index in [1.807, 2.05) is 13.0 Å². The number of unbranched alkanes of at least 4 members (excludes halogenated alkanes) is 1. The summed E-state index contributed by atoms with van der Waals surface area (Å²) in [5.74, 6) is 2.45. The Hall–Kier alpha value is -1.69. The SMILES string of the molecule is CCCC=C(F)CC#C[C@H]1CCC[C@@H]1CC=CCCC(O)(O)C(=O)NS(C)(=O)=O. The summed E-state index contributed by atoms with van der Waals surface area (Å²) in [7, 11) is -3.85. The average Bonchev–Trinajstić information content (AvgIpc) is 3.05. The molecule has 8 heteroatoms. The van der Waals surface area contributed by atoms with Crippen LogP contribution in [-0.4, -0.2) is 36.6 Å². The molecule has 0 bridgehead atoms. The fraction of sp³-hybridized carbons (Fsp3) is 0.667. The van der Waals surface area contributed by atoms with Crippen LogP contribution < -0.4 is 4.72 Å². The maximum atomic E-state index is 13.5. The summed E-state index contributed by atoms with van der Waals surface area (Å²) in [5.41, 5.74) is 0. The minimum absolute atomic E-state index is 0.156. The second-order valence-corrected chi connectivity index (χ2v) is 9.25. The van der Waals surface area contributed by atoms with Crippen molar-refractivity contribution in [2.45, 2.75) is 70.5 Å². The van der Waals surface area contributed by atoms with Crippen LogP contribution in [0.25, 0.3) is 0 Å². The van der Waals surface area contributed by atoms with Crippen molar-refractivity contribution in [2.24, 2.45) is 11.8 Å². The van der Waals surface area contributed by atoms with Crippen LogP contribution in [0.5, 0.6) is 0 Å². The molecule has 0 heterocycles. The topological polar surface area (TPSA) is 104 Å². The molecule has 2 atom stereocenters. The van der Waals surface area contributed by atoms with E-state index in [1.165, 1.54) is 0 Å². The average molecular weight is 430 g/mol. The quantitative estimate of drug-likeness (QED) is 0.281. The summed E-state index contributed by atoms with van der Waals surface area (Å²) in [6.07, 6.45) is 11.6. The first-order valence-electron chi connectivity index (χ1n) is 10.00. The van der Waals surface area contributed by atoms with Crippen molar-refractivity contribution in [2.75, 3.05) is 6.26 Å². The molecule has 6 nitrogen and oxygen atoms in total. The Bertz CT molecular complexity index is 762. The van der Waals surface area contributed by atoms with Gasteiger partial charge in [0.25, 0.3) is 5.91 Å². The molecule has 3 N–H and O–H groups in total. The Morgan fingerprint density at radius 3 is 2.66 bits per heavy atom. The molecule has 1 fully saturated rings. The highest BCUT2D eigenvalue weighted by Crippen LogP contribution is 2.34. The van der Waals surface area contributed by atoms with Gasteiger partial charge in [0.05, 0.1) is 12.7 Å². The molecule has 29 heavy (non-hydrogen) atoms. The van der Waals surface area contributed by atoms with Gasteiger partial charge < -0.3 is 10.2 Å². The Labute approximate surface area is 173 Å². The van der Waals surface area contributed by atoms with Crippen molar-refractivity contribution >= 4 is 15.9 Å². The van der Waals surface area contributed by atoms with E-state index in [9.17, 15) is 27.8 Å². The van der Waals surface area contributed by atoms with E-state index in [4.69, 9.17) is 0 Å². The predicted molar refractivity (Wildman–Crippen MR) is 110 cm³/mol. The summed E-state index contributed by atoms with van der Waals surface area (Å²) in [4.78, 5) is 11.5. The van der Waals surface area contributed by atoms with Gasteiger partial charge in [-0.1, -0.05) is 49.8 Å². The molecule has 0 saturated heterocycles. The lowest BCUT2D eigenvalue weighted by Gasteiger charge is -2.19. The smallest absolute Gasteiger partial charge is 0.293 e. The van der Waals surface area contributed by atoms with Crippen molar-refractivity contribution in [3.63, 3.8) is 0 Å². The summed E-state index contributed by atoms with van der Waals surface area (Å²) in [6, 6.07) is 0. The van der Waals surface area contributed by atoms with Gasteiger partial charge in [-0.2, -0.15) is 0 Å². The van der Waals surface area contributed by atoms with Gasteiger partial charge in [-0.15, -0.1) is 0 Å². The number of halogens is 1. The zero-order chi connectivity index (χ0) is 21.9. The molecule has 164 valence electrons. The number of amides is 1. The lowest BCUT2D eigenvalue weighted by Crippen LogP contribution is -2.48. The van der Waals surface area contributed by atoms with Gasteiger partial charge in [0, 0.05) is 12.3 Å². The number of nitrogens with one attached hydrogen (secondary N) is 1. The molecule has 0 aromatic carbocycles. The maximum absolute atomic E-state index is 13.5. The molecule has 1 aliphatic rings. The third kappa shape index (κ3) is 10.6. The predicted octanol–water partition coefficient (Wildman–Crippen LogP) is 2.93. The van der Waals surface area contributed by atoms with E-state index in [-0.39, 0.29) is 31.0 Å². The van der Waals surface area contributed by atoms with E-state index in [0.717, 1.165) is 44.8 Å². The van der Waals surface area contributed by atoms with Crippen LogP contribution in [0, 0.1) is 23.7 Å². The normalized spacial score (nSPS) is 20.5. The Kier molecular flexibility index (Phi) is 10.6. The van der Waals surface area contributed by atoms with Crippen LogP contribution in [0.1, 0.15) is 64.7 Å². The number of hydrogen-bond donors (Lipinski definition) is 3. The van der Waals surface area contributed by atoms with E-state index in [1.54, 1.807) is 16.9 Å². The number of sulfonamides is 1. The van der Waals surface area contributed by atoms with Gasteiger partial charge in [0.15, 0.2) is 0 Å². The van der Waals surface area contributed by atoms with Crippen LogP contribution in [0.2, 0.25) is 0 Å². The molecule has 0 unspecified atom stereocenters. The first kappa shape index (κ1) is 25.3. The second-order valence-electron chi connectivity index (χ2n) is 7.50. The van der Waals surface area contributed by atoms with Gasteiger partial charge >= 0.3 is 0 Å². The van der Waals surface area contributed by atoms with E-state index in [0.29, 0.717) is 5.92 Å². The molecule has 1 aliphatic carbocycles. The molecule has 1 rings (SSSR count).